The quantitative estimate of drug-likeness (QED) is 0.798. The van der Waals surface area contributed by atoms with Gasteiger partial charge in [0.05, 0.1) is 18.1 Å². The molecular formula is C19H20N4O2. The third-order valence-electron chi connectivity index (χ3n) is 4.65. The molecule has 0 saturated carbocycles. The van der Waals surface area contributed by atoms with Crippen LogP contribution in [0.25, 0.3) is 11.0 Å². The number of pyridine rings is 1. The van der Waals surface area contributed by atoms with Crippen LogP contribution in [-0.4, -0.2) is 46.0 Å². The van der Waals surface area contributed by atoms with Gasteiger partial charge in [0.15, 0.2) is 0 Å². The van der Waals surface area contributed by atoms with Crippen LogP contribution in [0.3, 0.4) is 0 Å². The van der Waals surface area contributed by atoms with Gasteiger partial charge in [0.25, 0.3) is 5.91 Å². The molecule has 1 aromatic carbocycles. The largest absolute Gasteiger partial charge is 0.481 e. The maximum absolute atomic E-state index is 12.8. The van der Waals surface area contributed by atoms with Gasteiger partial charge in [-0.15, -0.1) is 0 Å². The second kappa shape index (κ2) is 6.55. The molecule has 0 aliphatic carbocycles. The van der Waals surface area contributed by atoms with Crippen molar-refractivity contribution in [3.8, 4) is 5.88 Å². The fourth-order valence-electron chi connectivity index (χ4n) is 3.36. The van der Waals surface area contributed by atoms with Crippen molar-refractivity contribution < 1.29 is 9.53 Å². The van der Waals surface area contributed by atoms with Crippen molar-refractivity contribution in [2.75, 3.05) is 20.2 Å². The highest BCUT2D eigenvalue weighted by atomic mass is 16.5. The van der Waals surface area contributed by atoms with Gasteiger partial charge in [0, 0.05) is 25.1 Å². The predicted molar refractivity (Wildman–Crippen MR) is 94.8 cm³/mol. The van der Waals surface area contributed by atoms with Gasteiger partial charge in [-0.2, -0.15) is 0 Å². The average molecular weight is 336 g/mol. The lowest BCUT2D eigenvalue weighted by molar-refractivity contribution is 0.0698. The van der Waals surface area contributed by atoms with Crippen LogP contribution in [-0.2, 0) is 0 Å². The van der Waals surface area contributed by atoms with Crippen molar-refractivity contribution in [3.05, 3.63) is 54.0 Å². The highest BCUT2D eigenvalue weighted by Crippen LogP contribution is 2.27. The number of carbonyl (C=O) groups is 1. The fraction of sp³-hybridized carbons (Fsp3) is 0.316. The van der Waals surface area contributed by atoms with E-state index in [1.807, 2.05) is 29.2 Å². The molecular weight excluding hydrogens is 316 g/mol. The number of likely N-dealkylation sites (tertiary alicyclic amines) is 1. The van der Waals surface area contributed by atoms with E-state index in [-0.39, 0.29) is 11.8 Å². The van der Waals surface area contributed by atoms with E-state index in [1.54, 1.807) is 25.3 Å². The lowest BCUT2D eigenvalue weighted by Gasteiger charge is -2.31. The van der Waals surface area contributed by atoms with E-state index in [2.05, 4.69) is 9.97 Å². The first-order valence-corrected chi connectivity index (χ1v) is 8.49. The maximum atomic E-state index is 12.8. The number of piperidine rings is 1. The number of carbonyl (C=O) groups excluding carboxylic acids is 1. The first-order chi connectivity index (χ1) is 12.2. The Morgan fingerprint density at radius 2 is 2.08 bits per heavy atom. The molecule has 128 valence electrons. The lowest BCUT2D eigenvalue weighted by atomic mass is 9.97. The summed E-state index contributed by atoms with van der Waals surface area (Å²) in [6.45, 7) is 1.39. The number of hydrogen-bond acceptors (Lipinski definition) is 4. The van der Waals surface area contributed by atoms with Gasteiger partial charge in [-0.05, 0) is 31.0 Å². The van der Waals surface area contributed by atoms with Crippen molar-refractivity contribution in [3.63, 3.8) is 0 Å². The zero-order chi connectivity index (χ0) is 17.2. The van der Waals surface area contributed by atoms with Crippen molar-refractivity contribution >= 4 is 16.9 Å². The second-order valence-electron chi connectivity index (χ2n) is 6.29. The van der Waals surface area contributed by atoms with Crippen LogP contribution in [0.2, 0.25) is 0 Å². The number of para-hydroxylation sites is 2. The summed E-state index contributed by atoms with van der Waals surface area (Å²) < 4.78 is 5.12. The fourth-order valence-corrected chi connectivity index (χ4v) is 3.36. The van der Waals surface area contributed by atoms with Crippen LogP contribution in [0.15, 0.2) is 42.5 Å². The zero-order valence-corrected chi connectivity index (χ0v) is 14.1. The van der Waals surface area contributed by atoms with Crippen LogP contribution in [0.5, 0.6) is 5.88 Å². The van der Waals surface area contributed by atoms with Crippen molar-refractivity contribution in [1.82, 2.24) is 19.9 Å². The third-order valence-corrected chi connectivity index (χ3v) is 4.65. The number of imidazole rings is 1. The minimum Gasteiger partial charge on any atom is -0.481 e. The molecule has 1 saturated heterocycles. The Labute approximate surface area is 145 Å². The van der Waals surface area contributed by atoms with Gasteiger partial charge in [-0.1, -0.05) is 18.2 Å². The number of nitrogens with one attached hydrogen (secondary N) is 1. The summed E-state index contributed by atoms with van der Waals surface area (Å²) in [4.78, 5) is 27.0. The molecule has 0 radical (unpaired) electrons. The van der Waals surface area contributed by atoms with Crippen LogP contribution in [0.1, 0.15) is 35.1 Å². The molecule has 3 heterocycles. The van der Waals surface area contributed by atoms with Gasteiger partial charge >= 0.3 is 0 Å². The first-order valence-electron chi connectivity index (χ1n) is 8.49. The monoisotopic (exact) mass is 336 g/mol. The number of benzene rings is 1. The molecule has 0 bridgehead atoms. The molecule has 2 aromatic heterocycles. The van der Waals surface area contributed by atoms with Gasteiger partial charge < -0.3 is 14.6 Å². The maximum Gasteiger partial charge on any atom is 0.272 e. The van der Waals surface area contributed by atoms with Crippen molar-refractivity contribution in [1.29, 1.82) is 0 Å². The van der Waals surface area contributed by atoms with E-state index in [9.17, 15) is 4.79 Å². The summed E-state index contributed by atoms with van der Waals surface area (Å²) >= 11 is 0. The number of amides is 1. The molecule has 1 aliphatic heterocycles. The summed E-state index contributed by atoms with van der Waals surface area (Å²) in [6.07, 6.45) is 1.98. The van der Waals surface area contributed by atoms with Crippen LogP contribution in [0.4, 0.5) is 0 Å². The van der Waals surface area contributed by atoms with Crippen LogP contribution >= 0.6 is 0 Å². The van der Waals surface area contributed by atoms with Crippen LogP contribution in [0, 0.1) is 0 Å². The van der Waals surface area contributed by atoms with E-state index in [4.69, 9.17) is 9.72 Å². The normalized spacial score (nSPS) is 17.6. The number of aromatic nitrogens is 3. The number of H-pyrrole nitrogens is 1. The number of fused-ring (bicyclic) bond motifs is 1. The predicted octanol–water partition coefficient (Wildman–Crippen LogP) is 2.99. The number of ether oxygens (including phenoxy) is 1. The smallest absolute Gasteiger partial charge is 0.272 e. The minimum absolute atomic E-state index is 0.0558. The summed E-state index contributed by atoms with van der Waals surface area (Å²) in [5.74, 6) is 1.57. The first kappa shape index (κ1) is 15.6. The van der Waals surface area contributed by atoms with Gasteiger partial charge in [0.2, 0.25) is 5.88 Å². The van der Waals surface area contributed by atoms with E-state index >= 15 is 0 Å². The summed E-state index contributed by atoms with van der Waals surface area (Å²) in [6, 6.07) is 13.3. The molecule has 4 rings (SSSR count). The molecule has 1 fully saturated rings. The Bertz CT molecular complexity index is 872. The molecule has 0 spiro atoms. The summed E-state index contributed by atoms with van der Waals surface area (Å²) in [5, 5.41) is 0. The molecule has 1 atom stereocenters. The summed E-state index contributed by atoms with van der Waals surface area (Å²) in [7, 11) is 1.55. The summed E-state index contributed by atoms with van der Waals surface area (Å²) in [5.41, 5.74) is 2.43. The van der Waals surface area contributed by atoms with Crippen LogP contribution < -0.4 is 4.74 Å². The topological polar surface area (TPSA) is 71.1 Å². The van der Waals surface area contributed by atoms with E-state index in [0.717, 1.165) is 36.2 Å². The SMILES string of the molecule is COc1cccc(C(=O)N2CCC[C@H](c3nc4ccccc4[nH]3)C2)n1. The average Bonchev–Trinajstić information content (AvgIpc) is 3.12. The highest BCUT2D eigenvalue weighted by molar-refractivity contribution is 5.92. The molecule has 6 nitrogen and oxygen atoms in total. The Hall–Kier alpha value is -2.89. The van der Waals surface area contributed by atoms with E-state index < -0.39 is 0 Å². The van der Waals surface area contributed by atoms with E-state index in [0.29, 0.717) is 18.1 Å². The highest BCUT2D eigenvalue weighted by Gasteiger charge is 2.28. The minimum atomic E-state index is -0.0558. The number of methoxy groups -OCH3 is 1. The van der Waals surface area contributed by atoms with Crippen molar-refractivity contribution in [2.24, 2.45) is 0 Å². The van der Waals surface area contributed by atoms with Gasteiger partial charge in [0.1, 0.15) is 11.5 Å². The standard InChI is InChI=1S/C19H20N4O2/c1-25-17-10-4-9-16(20-17)19(24)23-11-5-6-13(12-23)18-21-14-7-2-3-8-15(14)22-18/h2-4,7-10,13H,5-6,11-12H2,1H3,(H,21,22)/t13-/m0/s1. The van der Waals surface area contributed by atoms with Gasteiger partial charge in [-0.3, -0.25) is 4.79 Å². The Morgan fingerprint density at radius 1 is 1.20 bits per heavy atom. The molecule has 1 N–H and O–H groups in total. The lowest BCUT2D eigenvalue weighted by Crippen LogP contribution is -2.39. The van der Waals surface area contributed by atoms with Crippen molar-refractivity contribution in [2.45, 2.75) is 18.8 Å². The Balaban J connectivity index is 1.54. The molecule has 0 unspecified atom stereocenters. The Kier molecular flexibility index (Phi) is 4.09. The number of hydrogen-bond donors (Lipinski definition) is 1. The van der Waals surface area contributed by atoms with E-state index in [1.165, 1.54) is 0 Å². The number of rotatable bonds is 3. The second-order valence-corrected chi connectivity index (χ2v) is 6.29. The molecule has 25 heavy (non-hydrogen) atoms. The van der Waals surface area contributed by atoms with Gasteiger partial charge in [-0.25, -0.2) is 9.97 Å². The number of aromatic amines is 1. The molecule has 1 amide bonds. The molecule has 6 heteroatoms. The molecule has 1 aliphatic rings. The third kappa shape index (κ3) is 3.07. The Morgan fingerprint density at radius 3 is 2.92 bits per heavy atom. The zero-order valence-electron chi connectivity index (χ0n) is 14.1. The molecule has 3 aromatic rings. The number of nitrogens with zero attached hydrogens (tertiary/aromatic N) is 3.